The zero-order chi connectivity index (χ0) is 13.7. The summed E-state index contributed by atoms with van der Waals surface area (Å²) >= 11 is 0. The van der Waals surface area contributed by atoms with Crippen molar-refractivity contribution in [2.75, 3.05) is 13.2 Å². The molecule has 0 unspecified atom stereocenters. The maximum absolute atomic E-state index is 6.28. The lowest BCUT2D eigenvalue weighted by Gasteiger charge is -2.53. The summed E-state index contributed by atoms with van der Waals surface area (Å²) in [6.07, 6.45) is 7.68. The van der Waals surface area contributed by atoms with E-state index in [9.17, 15) is 0 Å². The Morgan fingerprint density at radius 2 is 1.47 bits per heavy atom. The molecule has 1 aliphatic heterocycles. The van der Waals surface area contributed by atoms with Gasteiger partial charge in [0.25, 0.3) is 0 Å². The van der Waals surface area contributed by atoms with Crippen molar-refractivity contribution in [2.45, 2.75) is 72.0 Å². The SMILES string of the molecule is C[C@H]1CC[C@H](C)C12CCCC1(C2)OCC(C)(C)CO1. The van der Waals surface area contributed by atoms with Crippen LogP contribution in [0.25, 0.3) is 0 Å². The molecule has 1 heterocycles. The van der Waals surface area contributed by atoms with Gasteiger partial charge in [0.05, 0.1) is 13.2 Å². The molecule has 2 heteroatoms. The zero-order valence-electron chi connectivity index (χ0n) is 13.1. The van der Waals surface area contributed by atoms with E-state index in [0.29, 0.717) is 5.41 Å². The van der Waals surface area contributed by atoms with E-state index < -0.39 is 0 Å². The fourth-order valence-corrected chi connectivity index (χ4v) is 4.75. The minimum absolute atomic E-state index is 0.183. The van der Waals surface area contributed by atoms with E-state index in [0.717, 1.165) is 37.9 Å². The summed E-state index contributed by atoms with van der Waals surface area (Å²) in [5.41, 5.74) is 0.669. The van der Waals surface area contributed by atoms with Crippen LogP contribution in [0, 0.1) is 22.7 Å². The Hall–Kier alpha value is -0.0800. The maximum Gasteiger partial charge on any atom is 0.168 e. The third kappa shape index (κ3) is 2.25. The fourth-order valence-electron chi connectivity index (χ4n) is 4.75. The van der Waals surface area contributed by atoms with Crippen molar-refractivity contribution in [2.24, 2.45) is 22.7 Å². The average molecular weight is 266 g/mol. The number of hydrogen-bond donors (Lipinski definition) is 0. The van der Waals surface area contributed by atoms with E-state index in [2.05, 4.69) is 27.7 Å². The first-order valence-corrected chi connectivity index (χ1v) is 8.16. The Morgan fingerprint density at radius 1 is 0.895 bits per heavy atom. The molecule has 2 saturated carbocycles. The van der Waals surface area contributed by atoms with E-state index in [1.54, 1.807) is 0 Å². The summed E-state index contributed by atoms with van der Waals surface area (Å²) in [6.45, 7) is 11.1. The molecule has 3 fully saturated rings. The second-order valence-corrected chi connectivity index (χ2v) is 8.30. The van der Waals surface area contributed by atoms with Crippen molar-refractivity contribution in [1.29, 1.82) is 0 Å². The maximum atomic E-state index is 6.28. The highest BCUT2D eigenvalue weighted by Gasteiger charge is 2.55. The monoisotopic (exact) mass is 266 g/mol. The van der Waals surface area contributed by atoms with Crippen molar-refractivity contribution < 1.29 is 9.47 Å². The van der Waals surface area contributed by atoms with Gasteiger partial charge in [-0.3, -0.25) is 0 Å². The van der Waals surface area contributed by atoms with Crippen LogP contribution < -0.4 is 0 Å². The van der Waals surface area contributed by atoms with Crippen LogP contribution in [0.3, 0.4) is 0 Å². The van der Waals surface area contributed by atoms with E-state index >= 15 is 0 Å². The lowest BCUT2D eigenvalue weighted by molar-refractivity contribution is -0.326. The van der Waals surface area contributed by atoms with Gasteiger partial charge in [-0.05, 0) is 42.9 Å². The molecule has 0 N–H and O–H groups in total. The third-order valence-corrected chi connectivity index (χ3v) is 6.25. The Bertz CT molecular complexity index is 327. The lowest BCUT2D eigenvalue weighted by Crippen LogP contribution is -2.54. The van der Waals surface area contributed by atoms with Crippen LogP contribution in [-0.4, -0.2) is 19.0 Å². The molecule has 110 valence electrons. The van der Waals surface area contributed by atoms with Gasteiger partial charge in [-0.1, -0.05) is 27.7 Å². The third-order valence-electron chi connectivity index (χ3n) is 6.25. The van der Waals surface area contributed by atoms with E-state index in [-0.39, 0.29) is 11.2 Å². The Labute approximate surface area is 118 Å². The summed E-state index contributed by atoms with van der Waals surface area (Å²) in [4.78, 5) is 0. The van der Waals surface area contributed by atoms with Crippen LogP contribution in [-0.2, 0) is 9.47 Å². The zero-order valence-corrected chi connectivity index (χ0v) is 13.1. The highest BCUT2D eigenvalue weighted by molar-refractivity contribution is 5.01. The first kappa shape index (κ1) is 13.9. The first-order valence-electron chi connectivity index (χ1n) is 8.16. The molecule has 0 aromatic heterocycles. The standard InChI is InChI=1S/C17H30O2/c1-13-6-7-14(2)16(13)8-5-9-17(10-16)18-11-15(3,4)12-19-17/h13-14H,5-12H2,1-4H3/t13-,14-/m0/s1. The number of rotatable bonds is 0. The predicted molar refractivity (Wildman–Crippen MR) is 76.9 cm³/mol. The number of ether oxygens (including phenoxy) is 2. The molecule has 1 saturated heterocycles. The van der Waals surface area contributed by atoms with Gasteiger partial charge in [-0.15, -0.1) is 0 Å². The van der Waals surface area contributed by atoms with Crippen molar-refractivity contribution in [1.82, 2.24) is 0 Å². The van der Waals surface area contributed by atoms with E-state index in [1.807, 2.05) is 0 Å². The molecule has 3 aliphatic rings. The van der Waals surface area contributed by atoms with Gasteiger partial charge < -0.3 is 9.47 Å². The topological polar surface area (TPSA) is 18.5 Å². The quantitative estimate of drug-likeness (QED) is 0.647. The molecule has 0 bridgehead atoms. The number of hydrogen-bond acceptors (Lipinski definition) is 2. The van der Waals surface area contributed by atoms with Gasteiger partial charge in [0.15, 0.2) is 5.79 Å². The van der Waals surface area contributed by atoms with Gasteiger partial charge in [0.2, 0.25) is 0 Å². The lowest BCUT2D eigenvalue weighted by atomic mass is 9.62. The average Bonchev–Trinajstić information content (AvgIpc) is 2.63. The Balaban J connectivity index is 1.78. The first-order chi connectivity index (χ1) is 8.88. The van der Waals surface area contributed by atoms with Gasteiger partial charge in [0.1, 0.15) is 0 Å². The van der Waals surface area contributed by atoms with Crippen molar-refractivity contribution in [3.8, 4) is 0 Å². The molecule has 19 heavy (non-hydrogen) atoms. The molecule has 2 spiro atoms. The van der Waals surface area contributed by atoms with Crippen molar-refractivity contribution in [3.63, 3.8) is 0 Å². The van der Waals surface area contributed by atoms with Gasteiger partial charge in [0, 0.05) is 18.3 Å². The molecule has 2 nitrogen and oxygen atoms in total. The normalized spacial score (nSPS) is 39.8. The second kappa shape index (κ2) is 4.46. The minimum atomic E-state index is -0.249. The van der Waals surface area contributed by atoms with Crippen LogP contribution in [0.2, 0.25) is 0 Å². The molecule has 0 amide bonds. The predicted octanol–water partition coefficient (Wildman–Crippen LogP) is 4.38. The van der Waals surface area contributed by atoms with Gasteiger partial charge in [-0.2, -0.15) is 0 Å². The van der Waals surface area contributed by atoms with Crippen LogP contribution in [0.15, 0.2) is 0 Å². The van der Waals surface area contributed by atoms with Crippen LogP contribution >= 0.6 is 0 Å². The highest BCUT2D eigenvalue weighted by atomic mass is 16.7. The summed E-state index contributed by atoms with van der Waals surface area (Å²) in [5, 5.41) is 0. The Kier molecular flexibility index (Phi) is 3.26. The minimum Gasteiger partial charge on any atom is -0.349 e. The molecule has 0 radical (unpaired) electrons. The molecule has 0 aromatic carbocycles. The smallest absolute Gasteiger partial charge is 0.168 e. The van der Waals surface area contributed by atoms with Gasteiger partial charge >= 0.3 is 0 Å². The van der Waals surface area contributed by atoms with E-state index in [4.69, 9.17) is 9.47 Å². The summed E-state index contributed by atoms with van der Waals surface area (Å²) in [5.74, 6) is 1.42. The van der Waals surface area contributed by atoms with Crippen molar-refractivity contribution in [3.05, 3.63) is 0 Å². The molecule has 2 aliphatic carbocycles. The molecule has 3 rings (SSSR count). The molecular formula is C17H30O2. The summed E-state index contributed by atoms with van der Waals surface area (Å²) < 4.78 is 12.6. The largest absolute Gasteiger partial charge is 0.349 e. The fraction of sp³-hybridized carbons (Fsp3) is 1.00. The highest BCUT2D eigenvalue weighted by Crippen LogP contribution is 2.59. The second-order valence-electron chi connectivity index (χ2n) is 8.30. The summed E-state index contributed by atoms with van der Waals surface area (Å²) in [6, 6.07) is 0. The van der Waals surface area contributed by atoms with Gasteiger partial charge in [-0.25, -0.2) is 0 Å². The van der Waals surface area contributed by atoms with Crippen LogP contribution in [0.1, 0.15) is 66.2 Å². The van der Waals surface area contributed by atoms with E-state index in [1.165, 1.54) is 25.7 Å². The summed E-state index contributed by atoms with van der Waals surface area (Å²) in [7, 11) is 0. The van der Waals surface area contributed by atoms with Crippen LogP contribution in [0.5, 0.6) is 0 Å². The van der Waals surface area contributed by atoms with Crippen molar-refractivity contribution >= 4 is 0 Å². The Morgan fingerprint density at radius 3 is 2.05 bits per heavy atom. The molecule has 2 atom stereocenters. The van der Waals surface area contributed by atoms with Crippen LogP contribution in [0.4, 0.5) is 0 Å². The molecular weight excluding hydrogens is 236 g/mol. The molecule has 0 aromatic rings.